The van der Waals surface area contributed by atoms with Crippen LogP contribution in [0.4, 0.5) is 26.3 Å². The summed E-state index contributed by atoms with van der Waals surface area (Å²) in [6.07, 6.45) is 0. The van der Waals surface area contributed by atoms with Crippen molar-refractivity contribution < 1.29 is 30.8 Å². The molecule has 0 N–H and O–H groups in total. The molecule has 9 heteroatoms. The Morgan fingerprint density at radius 1 is 0.826 bits per heavy atom. The van der Waals surface area contributed by atoms with Crippen LogP contribution in [0.25, 0.3) is 0 Å². The van der Waals surface area contributed by atoms with E-state index in [1.54, 1.807) is 0 Å². The zero-order valence-corrected chi connectivity index (χ0v) is 14.4. The van der Waals surface area contributed by atoms with Gasteiger partial charge < -0.3 is 4.43 Å². The Morgan fingerprint density at radius 3 is 1.78 bits per heavy atom. The molecular formula is C14H9BrF6OSi. The molecule has 2 aromatic rings. The number of halogens is 7. The summed E-state index contributed by atoms with van der Waals surface area (Å²) in [6, 6.07) is 3.29. The van der Waals surface area contributed by atoms with Gasteiger partial charge in [0.25, 0.3) is 8.32 Å². The summed E-state index contributed by atoms with van der Waals surface area (Å²) in [5, 5.41) is -0.981. The number of hydrogen-bond donors (Lipinski definition) is 0. The van der Waals surface area contributed by atoms with Crippen LogP contribution in [0.3, 0.4) is 0 Å². The molecule has 0 aliphatic heterocycles. The smallest absolute Gasteiger partial charge is 0.283 e. The van der Waals surface area contributed by atoms with Gasteiger partial charge >= 0.3 is 0 Å². The van der Waals surface area contributed by atoms with Gasteiger partial charge in [-0.3, -0.25) is 0 Å². The lowest BCUT2D eigenvalue weighted by molar-refractivity contribution is 0.382. The van der Waals surface area contributed by atoms with Crippen molar-refractivity contribution >= 4 is 29.4 Å². The van der Waals surface area contributed by atoms with Crippen molar-refractivity contribution in [3.8, 4) is 5.75 Å². The lowest BCUT2D eigenvalue weighted by Crippen LogP contribution is -2.52. The van der Waals surface area contributed by atoms with Crippen LogP contribution < -0.4 is 9.61 Å². The quantitative estimate of drug-likeness (QED) is 0.304. The molecule has 0 bridgehead atoms. The van der Waals surface area contributed by atoms with Crippen molar-refractivity contribution in [3.63, 3.8) is 0 Å². The zero-order chi connectivity index (χ0) is 17.5. The monoisotopic (exact) mass is 414 g/mol. The standard InChI is InChI=1S/C14H9BrF6OSi/c1-23(2,22-8-4-3-6(16)5-7(8)15)14-12(20)10(18)9(17)11(19)13(14)21/h3-5H,1-2H3. The predicted octanol–water partition coefficient (Wildman–Crippen LogP) is 4.77. The highest BCUT2D eigenvalue weighted by Crippen LogP contribution is 2.29. The summed E-state index contributed by atoms with van der Waals surface area (Å²) in [5.74, 6) is -10.7. The van der Waals surface area contributed by atoms with Gasteiger partial charge in [-0.1, -0.05) is 0 Å². The molecule has 2 aromatic carbocycles. The molecule has 1 nitrogen and oxygen atoms in total. The van der Waals surface area contributed by atoms with Crippen LogP contribution in [0.5, 0.6) is 5.75 Å². The van der Waals surface area contributed by atoms with Crippen LogP contribution >= 0.6 is 15.9 Å². The molecule has 2 rings (SSSR count). The largest absolute Gasteiger partial charge is 0.539 e. The van der Waals surface area contributed by atoms with E-state index in [9.17, 15) is 26.3 Å². The molecule has 0 radical (unpaired) electrons. The minimum atomic E-state index is -3.59. The fourth-order valence-corrected chi connectivity index (χ4v) is 4.71. The number of benzene rings is 2. The van der Waals surface area contributed by atoms with Crippen LogP contribution in [0, 0.1) is 34.9 Å². The lowest BCUT2D eigenvalue weighted by Gasteiger charge is -2.26. The SMILES string of the molecule is C[Si](C)(Oc1ccc(F)cc1Br)c1c(F)c(F)c(F)c(F)c1F. The van der Waals surface area contributed by atoms with Gasteiger partial charge in [-0.15, -0.1) is 0 Å². The molecule has 0 aromatic heterocycles. The van der Waals surface area contributed by atoms with E-state index in [1.165, 1.54) is 19.2 Å². The highest BCUT2D eigenvalue weighted by Gasteiger charge is 2.39. The summed E-state index contributed by atoms with van der Waals surface area (Å²) < 4.78 is 86.4. The van der Waals surface area contributed by atoms with E-state index < -0.39 is 48.4 Å². The molecule has 0 saturated carbocycles. The van der Waals surface area contributed by atoms with Gasteiger partial charge in [-0.05, 0) is 47.2 Å². The fourth-order valence-electron chi connectivity index (χ4n) is 2.02. The van der Waals surface area contributed by atoms with Gasteiger partial charge in [0.05, 0.1) is 9.66 Å². The van der Waals surface area contributed by atoms with Gasteiger partial charge in [0.15, 0.2) is 23.3 Å². The van der Waals surface area contributed by atoms with E-state index in [-0.39, 0.29) is 10.2 Å². The van der Waals surface area contributed by atoms with E-state index >= 15 is 0 Å². The van der Waals surface area contributed by atoms with E-state index in [0.29, 0.717) is 0 Å². The maximum atomic E-state index is 13.9. The molecule has 0 unspecified atom stereocenters. The third-order valence-electron chi connectivity index (χ3n) is 3.07. The first-order chi connectivity index (χ1) is 10.6. The van der Waals surface area contributed by atoms with Gasteiger partial charge in [0, 0.05) is 0 Å². The summed E-state index contributed by atoms with van der Waals surface area (Å²) in [6.45, 7) is 2.53. The van der Waals surface area contributed by atoms with Crippen LogP contribution in [-0.4, -0.2) is 8.32 Å². The molecule has 0 aliphatic carbocycles. The van der Waals surface area contributed by atoms with Crippen LogP contribution in [-0.2, 0) is 0 Å². The molecular weight excluding hydrogens is 406 g/mol. The van der Waals surface area contributed by atoms with Crippen LogP contribution in [0.15, 0.2) is 22.7 Å². The van der Waals surface area contributed by atoms with Crippen LogP contribution in [0.2, 0.25) is 13.1 Å². The van der Waals surface area contributed by atoms with E-state index in [2.05, 4.69) is 15.9 Å². The second-order valence-electron chi connectivity index (χ2n) is 5.13. The lowest BCUT2D eigenvalue weighted by atomic mass is 10.3. The summed E-state index contributed by atoms with van der Waals surface area (Å²) in [4.78, 5) is 0. The predicted molar refractivity (Wildman–Crippen MR) is 78.1 cm³/mol. The Labute approximate surface area is 137 Å². The van der Waals surface area contributed by atoms with Crippen molar-refractivity contribution in [1.29, 1.82) is 0 Å². The maximum absolute atomic E-state index is 13.9. The second-order valence-corrected chi connectivity index (χ2v) is 9.71. The average Bonchev–Trinajstić information content (AvgIpc) is 2.46. The molecule has 0 atom stereocenters. The molecule has 0 heterocycles. The molecule has 124 valence electrons. The minimum Gasteiger partial charge on any atom is -0.539 e. The zero-order valence-electron chi connectivity index (χ0n) is 11.8. The van der Waals surface area contributed by atoms with Crippen molar-refractivity contribution in [2.45, 2.75) is 13.1 Å². The highest BCUT2D eigenvalue weighted by molar-refractivity contribution is 9.10. The van der Waals surface area contributed by atoms with Gasteiger partial charge in [-0.2, -0.15) is 0 Å². The Kier molecular flexibility index (Phi) is 4.81. The summed E-state index contributed by atoms with van der Waals surface area (Å²) >= 11 is 3.01. The normalized spacial score (nSPS) is 11.7. The number of hydrogen-bond acceptors (Lipinski definition) is 1. The summed E-state index contributed by atoms with van der Waals surface area (Å²) in [5.41, 5.74) is 0. The Bertz CT molecular complexity index is 751. The molecule has 23 heavy (non-hydrogen) atoms. The first-order valence-corrected chi connectivity index (χ1v) is 9.92. The minimum absolute atomic E-state index is 0.0343. The Balaban J connectivity index is 2.56. The Hall–Kier alpha value is -1.48. The van der Waals surface area contributed by atoms with E-state index in [0.717, 1.165) is 12.1 Å². The van der Waals surface area contributed by atoms with Gasteiger partial charge in [0.2, 0.25) is 5.82 Å². The van der Waals surface area contributed by atoms with Gasteiger partial charge in [0.1, 0.15) is 11.6 Å². The first kappa shape index (κ1) is 17.9. The topological polar surface area (TPSA) is 9.23 Å². The van der Waals surface area contributed by atoms with Crippen molar-refractivity contribution in [2.24, 2.45) is 0 Å². The first-order valence-electron chi connectivity index (χ1n) is 6.22. The molecule has 0 fully saturated rings. The average molecular weight is 415 g/mol. The van der Waals surface area contributed by atoms with Crippen LogP contribution in [0.1, 0.15) is 0 Å². The summed E-state index contributed by atoms with van der Waals surface area (Å²) in [7, 11) is -3.59. The Morgan fingerprint density at radius 2 is 1.30 bits per heavy atom. The third kappa shape index (κ3) is 3.25. The van der Waals surface area contributed by atoms with Crippen molar-refractivity contribution in [1.82, 2.24) is 0 Å². The second kappa shape index (κ2) is 6.20. The third-order valence-corrected chi connectivity index (χ3v) is 6.06. The fraction of sp³-hybridized carbons (Fsp3) is 0.143. The molecule has 0 aliphatic rings. The number of rotatable bonds is 3. The molecule has 0 saturated heterocycles. The van der Waals surface area contributed by atoms with E-state index in [4.69, 9.17) is 4.43 Å². The van der Waals surface area contributed by atoms with Crippen molar-refractivity contribution in [3.05, 3.63) is 57.6 Å². The molecule has 0 amide bonds. The van der Waals surface area contributed by atoms with Crippen molar-refractivity contribution in [2.75, 3.05) is 0 Å². The van der Waals surface area contributed by atoms with E-state index in [1.807, 2.05) is 0 Å². The molecule has 0 spiro atoms. The van der Waals surface area contributed by atoms with Gasteiger partial charge in [-0.25, -0.2) is 26.3 Å². The highest BCUT2D eigenvalue weighted by atomic mass is 79.9. The maximum Gasteiger partial charge on any atom is 0.283 e.